The van der Waals surface area contributed by atoms with Crippen molar-refractivity contribution in [3.05, 3.63) is 66.5 Å². The summed E-state index contributed by atoms with van der Waals surface area (Å²) in [4.78, 5) is 23.2. The maximum atomic E-state index is 13.7. The summed E-state index contributed by atoms with van der Waals surface area (Å²) in [6.07, 6.45) is 3.89. The van der Waals surface area contributed by atoms with Crippen molar-refractivity contribution in [3.8, 4) is 0 Å². The number of nitrogens with one attached hydrogen (secondary N) is 3. The van der Waals surface area contributed by atoms with Crippen LogP contribution in [0.15, 0.2) is 65.8 Å². The Hall–Kier alpha value is -3.96. The van der Waals surface area contributed by atoms with Gasteiger partial charge in [0.25, 0.3) is 10.0 Å². The fourth-order valence-corrected chi connectivity index (χ4v) is 6.15. The molecule has 0 aliphatic carbocycles. The Morgan fingerprint density at radius 3 is 2.58 bits per heavy atom. The molecule has 1 amide bonds. The molecule has 10 nitrogen and oxygen atoms in total. The second kappa shape index (κ2) is 8.92. The molecule has 6 rings (SSSR count). The van der Waals surface area contributed by atoms with Crippen LogP contribution in [0.1, 0.15) is 12.0 Å². The topological polar surface area (TPSA) is 121 Å². The first kappa shape index (κ1) is 22.5. The molecule has 36 heavy (non-hydrogen) atoms. The van der Waals surface area contributed by atoms with Crippen LogP contribution in [0, 0.1) is 0 Å². The van der Waals surface area contributed by atoms with Crippen molar-refractivity contribution in [1.82, 2.24) is 19.3 Å². The third kappa shape index (κ3) is 4.06. The van der Waals surface area contributed by atoms with Crippen LogP contribution < -0.4 is 20.9 Å². The second-order valence-corrected chi connectivity index (χ2v) is 10.6. The molecule has 0 bridgehead atoms. The predicted octanol–water partition coefficient (Wildman–Crippen LogP) is 2.71. The standard InChI is InChI=1S/C25H25N7O3S/c33-22-9-4-17-2-1-3-21(23(17)29-22)36(34,35)32-13-10-18-16-27-25(30-24(18)32)28-19-5-7-20(8-6-19)31-14-11-26-12-15-31/h1-3,5-8,10,13,16,26H,4,9,11-12,14-15H2,(H,29,33)(H,27,28,30). The number of fused-ring (bicyclic) bond motifs is 2. The minimum absolute atomic E-state index is 0.0437. The van der Waals surface area contributed by atoms with Crippen molar-refractivity contribution in [2.24, 2.45) is 0 Å². The van der Waals surface area contributed by atoms with Gasteiger partial charge in [0.05, 0.1) is 5.69 Å². The van der Waals surface area contributed by atoms with Crippen molar-refractivity contribution in [1.29, 1.82) is 0 Å². The van der Waals surface area contributed by atoms with Gasteiger partial charge in [-0.05, 0) is 48.4 Å². The summed E-state index contributed by atoms with van der Waals surface area (Å²) in [6, 6.07) is 14.7. The molecule has 3 N–H and O–H groups in total. The fourth-order valence-electron chi connectivity index (χ4n) is 4.65. The molecule has 0 saturated carbocycles. The van der Waals surface area contributed by atoms with Gasteiger partial charge in [0, 0.05) is 61.8 Å². The highest BCUT2D eigenvalue weighted by atomic mass is 32.2. The van der Waals surface area contributed by atoms with E-state index in [1.807, 2.05) is 30.3 Å². The van der Waals surface area contributed by atoms with E-state index in [4.69, 9.17) is 0 Å². The van der Waals surface area contributed by atoms with E-state index >= 15 is 0 Å². The quantitative estimate of drug-likeness (QED) is 0.380. The van der Waals surface area contributed by atoms with E-state index in [0.29, 0.717) is 23.9 Å². The van der Waals surface area contributed by atoms with Gasteiger partial charge >= 0.3 is 0 Å². The number of para-hydroxylation sites is 1. The third-order valence-corrected chi connectivity index (χ3v) is 8.24. The molecule has 4 aromatic rings. The molecule has 4 heterocycles. The highest BCUT2D eigenvalue weighted by Crippen LogP contribution is 2.32. The van der Waals surface area contributed by atoms with Gasteiger partial charge in [-0.1, -0.05) is 12.1 Å². The number of hydrogen-bond acceptors (Lipinski definition) is 8. The van der Waals surface area contributed by atoms with Crippen LogP contribution in [0.3, 0.4) is 0 Å². The average Bonchev–Trinajstić information content (AvgIpc) is 3.33. The molecule has 2 aromatic heterocycles. The highest BCUT2D eigenvalue weighted by molar-refractivity contribution is 7.90. The number of aromatic nitrogens is 3. The van der Waals surface area contributed by atoms with E-state index in [2.05, 4.69) is 30.8 Å². The predicted molar refractivity (Wildman–Crippen MR) is 138 cm³/mol. The van der Waals surface area contributed by atoms with Crippen molar-refractivity contribution in [3.63, 3.8) is 0 Å². The zero-order valence-electron chi connectivity index (χ0n) is 19.4. The molecule has 11 heteroatoms. The summed E-state index contributed by atoms with van der Waals surface area (Å²) in [6.45, 7) is 3.86. The molecule has 0 atom stereocenters. The van der Waals surface area contributed by atoms with Gasteiger partial charge in [0.1, 0.15) is 4.90 Å². The Morgan fingerprint density at radius 1 is 0.972 bits per heavy atom. The van der Waals surface area contributed by atoms with Gasteiger partial charge in [-0.3, -0.25) is 4.79 Å². The fraction of sp³-hybridized carbons (Fsp3) is 0.240. The molecule has 1 fully saturated rings. The van der Waals surface area contributed by atoms with Crippen LogP contribution in [0.4, 0.5) is 23.0 Å². The summed E-state index contributed by atoms with van der Waals surface area (Å²) in [5, 5.41) is 9.84. The first-order valence-corrected chi connectivity index (χ1v) is 13.3. The number of carbonyl (C=O) groups excluding carboxylic acids is 1. The Kier molecular flexibility index (Phi) is 5.57. The van der Waals surface area contributed by atoms with Crippen LogP contribution in [0.2, 0.25) is 0 Å². The van der Waals surface area contributed by atoms with Crippen LogP contribution in [0.25, 0.3) is 11.0 Å². The summed E-state index contributed by atoms with van der Waals surface area (Å²) < 4.78 is 28.5. The first-order valence-electron chi connectivity index (χ1n) is 11.8. The maximum absolute atomic E-state index is 13.7. The Balaban J connectivity index is 1.31. The average molecular weight is 504 g/mol. The number of carbonyl (C=O) groups is 1. The number of amides is 1. The summed E-state index contributed by atoms with van der Waals surface area (Å²) in [5.74, 6) is 0.0928. The van der Waals surface area contributed by atoms with Gasteiger partial charge in [-0.25, -0.2) is 17.4 Å². The number of anilines is 4. The van der Waals surface area contributed by atoms with E-state index in [0.717, 1.165) is 47.1 Å². The molecular formula is C25H25N7O3S. The molecule has 1 saturated heterocycles. The normalized spacial score (nSPS) is 16.0. The minimum atomic E-state index is -4.02. The number of nitrogens with zero attached hydrogens (tertiary/aromatic N) is 4. The largest absolute Gasteiger partial charge is 0.369 e. The summed E-state index contributed by atoms with van der Waals surface area (Å²) >= 11 is 0. The van der Waals surface area contributed by atoms with Crippen LogP contribution in [0.5, 0.6) is 0 Å². The van der Waals surface area contributed by atoms with Crippen molar-refractivity contribution < 1.29 is 13.2 Å². The van der Waals surface area contributed by atoms with Gasteiger partial charge in [0.15, 0.2) is 5.65 Å². The summed E-state index contributed by atoms with van der Waals surface area (Å²) in [7, 11) is -4.02. The SMILES string of the molecule is O=C1CCc2cccc(S(=O)(=O)n3ccc4cnc(Nc5ccc(N6CCNCC6)cc5)nc43)c2N1. The van der Waals surface area contributed by atoms with E-state index < -0.39 is 10.0 Å². The molecule has 0 spiro atoms. The van der Waals surface area contributed by atoms with Crippen LogP contribution in [-0.4, -0.2) is 54.4 Å². The molecule has 0 radical (unpaired) electrons. The Morgan fingerprint density at radius 2 is 1.78 bits per heavy atom. The van der Waals surface area contributed by atoms with Crippen molar-refractivity contribution >= 4 is 50.0 Å². The lowest BCUT2D eigenvalue weighted by Gasteiger charge is -2.29. The number of rotatable bonds is 5. The number of benzene rings is 2. The minimum Gasteiger partial charge on any atom is -0.369 e. The first-order chi connectivity index (χ1) is 17.5. The lowest BCUT2D eigenvalue weighted by atomic mass is 10.0. The lowest BCUT2D eigenvalue weighted by Crippen LogP contribution is -2.43. The molecule has 0 unspecified atom stereocenters. The van der Waals surface area contributed by atoms with E-state index in [-0.39, 0.29) is 22.4 Å². The smallest absolute Gasteiger partial charge is 0.271 e. The molecule has 2 aliphatic heterocycles. The third-order valence-electron chi connectivity index (χ3n) is 6.53. The second-order valence-electron chi connectivity index (χ2n) is 8.84. The van der Waals surface area contributed by atoms with E-state index in [9.17, 15) is 13.2 Å². The van der Waals surface area contributed by atoms with Gasteiger partial charge in [-0.2, -0.15) is 4.98 Å². The van der Waals surface area contributed by atoms with Crippen molar-refractivity contribution in [2.75, 3.05) is 41.7 Å². The maximum Gasteiger partial charge on any atom is 0.271 e. The van der Waals surface area contributed by atoms with Gasteiger partial charge in [0.2, 0.25) is 11.9 Å². The van der Waals surface area contributed by atoms with E-state index in [1.165, 1.54) is 12.3 Å². The van der Waals surface area contributed by atoms with Crippen LogP contribution >= 0.6 is 0 Å². The molecular weight excluding hydrogens is 478 g/mol. The number of hydrogen-bond donors (Lipinski definition) is 3. The van der Waals surface area contributed by atoms with Crippen molar-refractivity contribution in [2.45, 2.75) is 17.7 Å². The zero-order chi connectivity index (χ0) is 24.7. The Bertz CT molecular complexity index is 1560. The number of piperazine rings is 1. The molecule has 2 aromatic carbocycles. The van der Waals surface area contributed by atoms with Gasteiger partial charge in [-0.15, -0.1) is 0 Å². The van der Waals surface area contributed by atoms with E-state index in [1.54, 1.807) is 18.3 Å². The van der Waals surface area contributed by atoms with Gasteiger partial charge < -0.3 is 20.9 Å². The zero-order valence-corrected chi connectivity index (χ0v) is 20.3. The molecule has 184 valence electrons. The molecule has 2 aliphatic rings. The van der Waals surface area contributed by atoms with Crippen LogP contribution in [-0.2, 0) is 21.2 Å². The highest BCUT2D eigenvalue weighted by Gasteiger charge is 2.27. The Labute approximate surface area is 208 Å². The lowest BCUT2D eigenvalue weighted by molar-refractivity contribution is -0.116. The number of aryl methyl sites for hydroxylation is 1. The monoisotopic (exact) mass is 503 g/mol. The summed E-state index contributed by atoms with van der Waals surface area (Å²) in [5.41, 5.74) is 3.34.